The van der Waals surface area contributed by atoms with Crippen molar-refractivity contribution in [3.05, 3.63) is 87.7 Å². The molecule has 146 valence electrons. The first-order valence-electron chi connectivity index (χ1n) is 8.35. The molecule has 0 amide bonds. The summed E-state index contributed by atoms with van der Waals surface area (Å²) in [7, 11) is 0. The van der Waals surface area contributed by atoms with Crippen LogP contribution in [0.5, 0.6) is 0 Å². The Morgan fingerprint density at radius 2 is 1.72 bits per heavy atom. The zero-order valence-electron chi connectivity index (χ0n) is 14.5. The van der Waals surface area contributed by atoms with Gasteiger partial charge in [-0.2, -0.15) is 13.2 Å². The molecule has 0 saturated carbocycles. The third kappa shape index (κ3) is 4.17. The molecule has 3 aromatic rings. The summed E-state index contributed by atoms with van der Waals surface area (Å²) >= 11 is 3.34. The molecule has 4 nitrogen and oxygen atoms in total. The van der Waals surface area contributed by atoms with E-state index in [1.54, 1.807) is 24.3 Å². The summed E-state index contributed by atoms with van der Waals surface area (Å²) in [6.07, 6.45) is -3.07. The molecule has 0 unspecified atom stereocenters. The molecular formula is C21H11BrF3NO3. The highest BCUT2D eigenvalue weighted by molar-refractivity contribution is 9.10. The number of furan rings is 1. The second-order valence-electron chi connectivity index (χ2n) is 6.13. The van der Waals surface area contributed by atoms with Crippen molar-refractivity contribution in [2.24, 2.45) is 4.99 Å². The van der Waals surface area contributed by atoms with Gasteiger partial charge in [0, 0.05) is 21.7 Å². The zero-order chi connectivity index (χ0) is 20.6. The highest BCUT2D eigenvalue weighted by atomic mass is 79.9. The Morgan fingerprint density at radius 3 is 2.48 bits per heavy atom. The van der Waals surface area contributed by atoms with Gasteiger partial charge in [-0.1, -0.05) is 34.1 Å². The van der Waals surface area contributed by atoms with E-state index in [2.05, 4.69) is 20.9 Å². The van der Waals surface area contributed by atoms with E-state index in [1.807, 2.05) is 6.07 Å². The minimum Gasteiger partial charge on any atom is -0.457 e. The normalized spacial score (nSPS) is 15.5. The van der Waals surface area contributed by atoms with Crippen LogP contribution in [0.15, 0.2) is 80.2 Å². The fraction of sp³-hybridized carbons (Fsp3) is 0.0476. The number of hydrogen-bond donors (Lipinski definition) is 0. The topological polar surface area (TPSA) is 51.8 Å². The number of rotatable bonds is 3. The van der Waals surface area contributed by atoms with E-state index in [0.717, 1.165) is 16.6 Å². The molecule has 4 rings (SSSR count). The van der Waals surface area contributed by atoms with E-state index in [4.69, 9.17) is 9.15 Å². The van der Waals surface area contributed by atoms with Crippen LogP contribution in [0.3, 0.4) is 0 Å². The molecule has 8 heteroatoms. The van der Waals surface area contributed by atoms with E-state index in [0.29, 0.717) is 5.56 Å². The number of ether oxygens (including phenoxy) is 1. The Balaban J connectivity index is 1.62. The van der Waals surface area contributed by atoms with E-state index < -0.39 is 17.7 Å². The number of carbonyl (C=O) groups is 1. The van der Waals surface area contributed by atoms with Gasteiger partial charge in [-0.25, -0.2) is 9.79 Å². The molecule has 1 aromatic heterocycles. The van der Waals surface area contributed by atoms with E-state index >= 15 is 0 Å². The van der Waals surface area contributed by atoms with Crippen LogP contribution in [-0.2, 0) is 15.7 Å². The second-order valence-corrected chi connectivity index (χ2v) is 7.04. The maximum absolute atomic E-state index is 12.9. The van der Waals surface area contributed by atoms with Gasteiger partial charge in [0.1, 0.15) is 11.5 Å². The SMILES string of the molecule is O=C1OC(c2cccc(Br)c2)=N/C1=C/c1ccc(-c2cccc(C(F)(F)F)c2)o1. The number of alkyl halides is 3. The molecule has 1 aliphatic rings. The fourth-order valence-corrected chi connectivity index (χ4v) is 3.12. The number of carbonyl (C=O) groups excluding carboxylic acids is 1. The molecule has 0 N–H and O–H groups in total. The number of esters is 1. The molecule has 0 atom stereocenters. The highest BCUT2D eigenvalue weighted by Crippen LogP contribution is 2.33. The standard InChI is InChI=1S/C21H11BrF3NO3/c22-15-6-2-4-13(10-15)19-26-17(20(27)29-19)11-16-7-8-18(28-16)12-3-1-5-14(9-12)21(23,24)25/h1-11H/b17-11+. The number of cyclic esters (lactones) is 1. The maximum Gasteiger partial charge on any atom is 0.416 e. The third-order valence-corrected chi connectivity index (χ3v) is 4.57. The lowest BCUT2D eigenvalue weighted by Crippen LogP contribution is -2.05. The van der Waals surface area contributed by atoms with Crippen LogP contribution in [0, 0.1) is 0 Å². The van der Waals surface area contributed by atoms with Crippen molar-refractivity contribution < 1.29 is 27.1 Å². The van der Waals surface area contributed by atoms with Crippen molar-refractivity contribution >= 4 is 33.9 Å². The largest absolute Gasteiger partial charge is 0.457 e. The Kier molecular flexibility index (Phi) is 4.87. The van der Waals surface area contributed by atoms with Crippen molar-refractivity contribution in [2.75, 3.05) is 0 Å². The zero-order valence-corrected chi connectivity index (χ0v) is 16.1. The van der Waals surface area contributed by atoms with Crippen LogP contribution < -0.4 is 0 Å². The predicted molar refractivity (Wildman–Crippen MR) is 104 cm³/mol. The summed E-state index contributed by atoms with van der Waals surface area (Å²) in [6, 6.07) is 15.0. The van der Waals surface area contributed by atoms with Gasteiger partial charge in [-0.3, -0.25) is 0 Å². The molecule has 2 aromatic carbocycles. The average molecular weight is 462 g/mol. The fourth-order valence-electron chi connectivity index (χ4n) is 2.72. The summed E-state index contributed by atoms with van der Waals surface area (Å²) in [5, 5.41) is 0. The lowest BCUT2D eigenvalue weighted by molar-refractivity contribution is -0.137. The minimum atomic E-state index is -4.45. The number of nitrogens with zero attached hydrogens (tertiary/aromatic N) is 1. The molecule has 0 aliphatic carbocycles. The Bertz CT molecular complexity index is 1160. The van der Waals surface area contributed by atoms with Gasteiger partial charge in [0.25, 0.3) is 0 Å². The quantitative estimate of drug-likeness (QED) is 0.351. The number of hydrogen-bond acceptors (Lipinski definition) is 4. The summed E-state index contributed by atoms with van der Waals surface area (Å²) in [4.78, 5) is 16.3. The lowest BCUT2D eigenvalue weighted by atomic mass is 10.1. The first kappa shape index (κ1) is 19.2. The van der Waals surface area contributed by atoms with Crippen LogP contribution >= 0.6 is 15.9 Å². The molecule has 0 radical (unpaired) electrons. The molecule has 1 aliphatic heterocycles. The summed E-state index contributed by atoms with van der Waals surface area (Å²) in [5.74, 6) is 0.0262. The third-order valence-electron chi connectivity index (χ3n) is 4.07. The van der Waals surface area contributed by atoms with Crippen LogP contribution in [0.1, 0.15) is 16.9 Å². The Morgan fingerprint density at radius 1 is 0.966 bits per heavy atom. The highest BCUT2D eigenvalue weighted by Gasteiger charge is 2.30. The summed E-state index contributed by atoms with van der Waals surface area (Å²) in [6.45, 7) is 0. The lowest BCUT2D eigenvalue weighted by Gasteiger charge is -2.07. The van der Waals surface area contributed by atoms with E-state index in [1.165, 1.54) is 24.3 Å². The molecule has 29 heavy (non-hydrogen) atoms. The van der Waals surface area contributed by atoms with Gasteiger partial charge in [0.2, 0.25) is 5.90 Å². The molecule has 0 saturated heterocycles. The maximum atomic E-state index is 12.9. The van der Waals surface area contributed by atoms with E-state index in [9.17, 15) is 18.0 Å². The molecule has 0 bridgehead atoms. The van der Waals surface area contributed by atoms with Crippen molar-refractivity contribution in [3.8, 4) is 11.3 Å². The van der Waals surface area contributed by atoms with Gasteiger partial charge in [-0.15, -0.1) is 0 Å². The van der Waals surface area contributed by atoms with Gasteiger partial charge in [-0.05, 0) is 42.5 Å². The predicted octanol–water partition coefficient (Wildman–Crippen LogP) is 6.07. The molecule has 0 fully saturated rings. The Labute approximate surface area is 171 Å². The minimum absolute atomic E-state index is 0.0323. The van der Waals surface area contributed by atoms with Gasteiger partial charge in [0.15, 0.2) is 5.70 Å². The molecule has 0 spiro atoms. The van der Waals surface area contributed by atoms with Gasteiger partial charge < -0.3 is 9.15 Å². The molecular weight excluding hydrogens is 451 g/mol. The summed E-state index contributed by atoms with van der Waals surface area (Å²) < 4.78 is 50.3. The first-order chi connectivity index (χ1) is 13.8. The van der Waals surface area contributed by atoms with Gasteiger partial charge in [0.05, 0.1) is 5.56 Å². The first-order valence-corrected chi connectivity index (χ1v) is 9.15. The number of aliphatic imine (C=N–C) groups is 1. The smallest absolute Gasteiger partial charge is 0.416 e. The van der Waals surface area contributed by atoms with Crippen LogP contribution in [0.25, 0.3) is 17.4 Å². The second kappa shape index (κ2) is 7.36. The molecule has 2 heterocycles. The average Bonchev–Trinajstić information content (AvgIpc) is 3.29. The Hall–Kier alpha value is -3.13. The van der Waals surface area contributed by atoms with Crippen LogP contribution in [0.4, 0.5) is 13.2 Å². The van der Waals surface area contributed by atoms with Crippen molar-refractivity contribution in [1.29, 1.82) is 0 Å². The number of benzene rings is 2. The van der Waals surface area contributed by atoms with Gasteiger partial charge >= 0.3 is 12.1 Å². The van der Waals surface area contributed by atoms with Crippen molar-refractivity contribution in [3.63, 3.8) is 0 Å². The van der Waals surface area contributed by atoms with Crippen molar-refractivity contribution in [1.82, 2.24) is 0 Å². The van der Waals surface area contributed by atoms with Crippen LogP contribution in [0.2, 0.25) is 0 Å². The monoisotopic (exact) mass is 461 g/mol. The number of halogens is 4. The van der Waals surface area contributed by atoms with Crippen molar-refractivity contribution in [2.45, 2.75) is 6.18 Å². The summed E-state index contributed by atoms with van der Waals surface area (Å²) in [5.41, 5.74) is 0.163. The van der Waals surface area contributed by atoms with E-state index in [-0.39, 0.29) is 28.7 Å². The van der Waals surface area contributed by atoms with Crippen LogP contribution in [-0.4, -0.2) is 11.9 Å².